The number of anilines is 2. The van der Waals surface area contributed by atoms with E-state index >= 15 is 0 Å². The lowest BCUT2D eigenvalue weighted by molar-refractivity contribution is 0.0474. The van der Waals surface area contributed by atoms with E-state index in [4.69, 9.17) is 4.74 Å². The zero-order valence-electron chi connectivity index (χ0n) is 13.8. The van der Waals surface area contributed by atoms with Crippen LogP contribution in [0.25, 0.3) is 0 Å². The third kappa shape index (κ3) is 4.13. The Labute approximate surface area is 150 Å². The van der Waals surface area contributed by atoms with Gasteiger partial charge >= 0.3 is 5.97 Å². The van der Waals surface area contributed by atoms with Gasteiger partial charge in [0, 0.05) is 5.69 Å². The largest absolute Gasteiger partial charge is 0.454 e. The summed E-state index contributed by atoms with van der Waals surface area (Å²) in [5.74, 6) is -1.89. The number of nitrogens with one attached hydrogen (secondary N) is 1. The number of carbonyl (C=O) groups excluding carboxylic acids is 2. The normalized spacial score (nSPS) is 10.2. The first-order valence-corrected chi connectivity index (χ1v) is 8.01. The fourth-order valence-corrected chi connectivity index (χ4v) is 2.42. The molecule has 0 aliphatic heterocycles. The molecule has 0 fully saturated rings. The van der Waals surface area contributed by atoms with Gasteiger partial charge in [-0.05, 0) is 36.4 Å². The molecule has 0 amide bonds. The maximum absolute atomic E-state index is 13.6. The minimum atomic E-state index is -0.659. The predicted octanol–water partition coefficient (Wildman–Crippen LogP) is 4.61. The number of hydrogen-bond donors (Lipinski definition) is 1. The van der Waals surface area contributed by atoms with Gasteiger partial charge in [-0.15, -0.1) is 0 Å². The Morgan fingerprint density at radius 3 is 2.15 bits per heavy atom. The Morgan fingerprint density at radius 2 is 1.42 bits per heavy atom. The van der Waals surface area contributed by atoms with E-state index in [1.807, 2.05) is 30.3 Å². The van der Waals surface area contributed by atoms with E-state index in [-0.39, 0.29) is 11.1 Å². The first-order chi connectivity index (χ1) is 12.6. The number of ether oxygens (including phenoxy) is 1. The molecule has 3 aromatic rings. The number of carbonyl (C=O) groups is 2. The quantitative estimate of drug-likeness (QED) is 0.522. The smallest absolute Gasteiger partial charge is 0.340 e. The molecular formula is C21H16FNO3. The molecule has 0 aliphatic rings. The third-order valence-electron chi connectivity index (χ3n) is 3.71. The van der Waals surface area contributed by atoms with Crippen LogP contribution in [0.1, 0.15) is 20.7 Å². The van der Waals surface area contributed by atoms with Crippen LogP contribution in [0.4, 0.5) is 15.8 Å². The summed E-state index contributed by atoms with van der Waals surface area (Å²) in [6, 6.07) is 21.8. The van der Waals surface area contributed by atoms with Crippen LogP contribution >= 0.6 is 0 Å². The average Bonchev–Trinajstić information content (AvgIpc) is 2.67. The van der Waals surface area contributed by atoms with E-state index in [1.54, 1.807) is 30.3 Å². The number of rotatable bonds is 6. The molecule has 0 unspecified atom stereocenters. The molecule has 0 atom stereocenters. The second kappa shape index (κ2) is 8.07. The zero-order chi connectivity index (χ0) is 18.4. The van der Waals surface area contributed by atoms with Crippen LogP contribution in [0.15, 0.2) is 78.9 Å². The van der Waals surface area contributed by atoms with Gasteiger partial charge < -0.3 is 10.1 Å². The fraction of sp³-hybridized carbons (Fsp3) is 0.0476. The SMILES string of the molecule is O=C(COC(=O)c1ccccc1Nc1ccccc1)c1ccccc1F. The number of ketones is 1. The third-order valence-corrected chi connectivity index (χ3v) is 3.71. The Bertz CT molecular complexity index is 925. The van der Waals surface area contributed by atoms with Crippen molar-refractivity contribution in [2.75, 3.05) is 11.9 Å². The van der Waals surface area contributed by atoms with Crippen molar-refractivity contribution < 1.29 is 18.7 Å². The average molecular weight is 349 g/mol. The highest BCUT2D eigenvalue weighted by atomic mass is 19.1. The van der Waals surface area contributed by atoms with E-state index in [1.165, 1.54) is 18.2 Å². The Morgan fingerprint density at radius 1 is 0.808 bits per heavy atom. The Balaban J connectivity index is 1.70. The molecule has 3 rings (SSSR count). The number of hydrogen-bond acceptors (Lipinski definition) is 4. The van der Waals surface area contributed by atoms with Crippen LogP contribution in [0.5, 0.6) is 0 Å². The summed E-state index contributed by atoms with van der Waals surface area (Å²) >= 11 is 0. The minimum Gasteiger partial charge on any atom is -0.454 e. The Kier molecular flexibility index (Phi) is 5.39. The predicted molar refractivity (Wildman–Crippen MR) is 97.2 cm³/mol. The van der Waals surface area contributed by atoms with Crippen molar-refractivity contribution in [3.8, 4) is 0 Å². The van der Waals surface area contributed by atoms with Crippen LogP contribution in [-0.2, 0) is 4.74 Å². The lowest BCUT2D eigenvalue weighted by Crippen LogP contribution is -2.16. The van der Waals surface area contributed by atoms with Crippen molar-refractivity contribution in [3.63, 3.8) is 0 Å². The molecular weight excluding hydrogens is 333 g/mol. The van der Waals surface area contributed by atoms with Gasteiger partial charge in [-0.2, -0.15) is 0 Å². The summed E-state index contributed by atoms with van der Waals surface area (Å²) in [5, 5.41) is 3.14. The topological polar surface area (TPSA) is 55.4 Å². The summed E-state index contributed by atoms with van der Waals surface area (Å²) in [5.41, 5.74) is 1.56. The molecule has 5 heteroatoms. The monoisotopic (exact) mass is 349 g/mol. The van der Waals surface area contributed by atoms with E-state index < -0.39 is 24.2 Å². The highest BCUT2D eigenvalue weighted by Gasteiger charge is 2.17. The fourth-order valence-electron chi connectivity index (χ4n) is 2.42. The standard InChI is InChI=1S/C21H16FNO3/c22-18-12-6-4-10-16(18)20(24)14-26-21(25)17-11-5-7-13-19(17)23-15-8-2-1-3-9-15/h1-13,23H,14H2. The van der Waals surface area contributed by atoms with Crippen LogP contribution in [0, 0.1) is 5.82 Å². The molecule has 0 heterocycles. The van der Waals surface area contributed by atoms with Gasteiger partial charge in [0.1, 0.15) is 5.82 Å². The molecule has 1 N–H and O–H groups in total. The lowest BCUT2D eigenvalue weighted by atomic mass is 10.1. The summed E-state index contributed by atoms with van der Waals surface area (Å²) in [6.45, 7) is -0.528. The molecule has 26 heavy (non-hydrogen) atoms. The van der Waals surface area contributed by atoms with Gasteiger partial charge in [0.15, 0.2) is 6.61 Å². The minimum absolute atomic E-state index is 0.101. The number of para-hydroxylation sites is 2. The maximum atomic E-state index is 13.6. The lowest BCUT2D eigenvalue weighted by Gasteiger charge is -2.11. The van der Waals surface area contributed by atoms with Crippen molar-refractivity contribution in [2.24, 2.45) is 0 Å². The van der Waals surface area contributed by atoms with Gasteiger partial charge in [0.05, 0.1) is 16.8 Å². The van der Waals surface area contributed by atoms with Crippen molar-refractivity contribution >= 4 is 23.1 Å². The molecule has 3 aromatic carbocycles. The molecule has 0 bridgehead atoms. The summed E-state index contributed by atoms with van der Waals surface area (Å²) in [4.78, 5) is 24.4. The molecule has 0 aromatic heterocycles. The van der Waals surface area contributed by atoms with E-state index in [0.29, 0.717) is 5.69 Å². The van der Waals surface area contributed by atoms with E-state index in [0.717, 1.165) is 5.69 Å². The highest BCUT2D eigenvalue weighted by Crippen LogP contribution is 2.21. The van der Waals surface area contributed by atoms with Crippen molar-refractivity contribution in [1.82, 2.24) is 0 Å². The second-order valence-corrected chi connectivity index (χ2v) is 5.52. The zero-order valence-corrected chi connectivity index (χ0v) is 13.8. The van der Waals surface area contributed by atoms with Crippen molar-refractivity contribution in [2.45, 2.75) is 0 Å². The molecule has 4 nitrogen and oxygen atoms in total. The number of Topliss-reactive ketones (excluding diaryl/α,β-unsaturated/α-hetero) is 1. The molecule has 0 spiro atoms. The number of halogens is 1. The number of benzene rings is 3. The Hall–Kier alpha value is -3.47. The second-order valence-electron chi connectivity index (χ2n) is 5.52. The van der Waals surface area contributed by atoms with E-state index in [2.05, 4.69) is 5.32 Å². The van der Waals surface area contributed by atoms with Gasteiger partial charge in [-0.1, -0.05) is 42.5 Å². The molecule has 0 aliphatic carbocycles. The maximum Gasteiger partial charge on any atom is 0.340 e. The summed E-state index contributed by atoms with van der Waals surface area (Å²) in [6.07, 6.45) is 0. The van der Waals surface area contributed by atoms with Crippen LogP contribution in [0.2, 0.25) is 0 Å². The van der Waals surface area contributed by atoms with Crippen LogP contribution in [0.3, 0.4) is 0 Å². The van der Waals surface area contributed by atoms with Gasteiger partial charge in [-0.25, -0.2) is 9.18 Å². The summed E-state index contributed by atoms with van der Waals surface area (Å²) < 4.78 is 18.7. The van der Waals surface area contributed by atoms with E-state index in [9.17, 15) is 14.0 Å². The summed E-state index contributed by atoms with van der Waals surface area (Å²) in [7, 11) is 0. The first-order valence-electron chi connectivity index (χ1n) is 8.01. The molecule has 0 saturated heterocycles. The molecule has 0 saturated carbocycles. The number of esters is 1. The van der Waals surface area contributed by atoms with Gasteiger partial charge in [0.25, 0.3) is 0 Å². The molecule has 130 valence electrons. The van der Waals surface area contributed by atoms with Crippen molar-refractivity contribution in [3.05, 3.63) is 95.8 Å². The van der Waals surface area contributed by atoms with Crippen LogP contribution in [-0.4, -0.2) is 18.4 Å². The van der Waals surface area contributed by atoms with Crippen LogP contribution < -0.4 is 5.32 Å². The first kappa shape index (κ1) is 17.4. The van der Waals surface area contributed by atoms with Gasteiger partial charge in [0.2, 0.25) is 5.78 Å². The van der Waals surface area contributed by atoms with Crippen molar-refractivity contribution in [1.29, 1.82) is 0 Å². The van der Waals surface area contributed by atoms with Gasteiger partial charge in [-0.3, -0.25) is 4.79 Å². The highest BCUT2D eigenvalue weighted by molar-refractivity contribution is 6.01. The molecule has 0 radical (unpaired) electrons.